The van der Waals surface area contributed by atoms with Crippen LogP contribution in [0.1, 0.15) is 17.5 Å². The molecule has 15 heavy (non-hydrogen) atoms. The first-order valence-corrected chi connectivity index (χ1v) is 4.43. The maximum Gasteiger partial charge on any atom is 0.320 e. The number of alkyl halides is 2. The Hall–Kier alpha value is -1.52. The molecule has 1 heterocycles. The Morgan fingerprint density at radius 2 is 2.13 bits per heavy atom. The van der Waals surface area contributed by atoms with E-state index in [0.717, 1.165) is 0 Å². The molecule has 1 aliphatic carbocycles. The van der Waals surface area contributed by atoms with Crippen molar-refractivity contribution in [2.75, 3.05) is 0 Å². The highest BCUT2D eigenvalue weighted by atomic mass is 19.3. The molecule has 80 valence electrons. The average molecular weight is 213 g/mol. The monoisotopic (exact) mass is 213 g/mol. The maximum absolute atomic E-state index is 13.1. The van der Waals surface area contributed by atoms with Gasteiger partial charge in [0.05, 0.1) is 0 Å². The number of hydrogen-bond acceptors (Lipinski definition) is 2. The van der Waals surface area contributed by atoms with Crippen LogP contribution in [0.15, 0.2) is 18.5 Å². The largest absolute Gasteiger partial charge is 0.480 e. The van der Waals surface area contributed by atoms with Crippen LogP contribution < -0.4 is 0 Å². The van der Waals surface area contributed by atoms with Crippen LogP contribution in [0.2, 0.25) is 0 Å². The molecule has 0 aliphatic heterocycles. The minimum Gasteiger partial charge on any atom is -0.480 e. The van der Waals surface area contributed by atoms with Crippen LogP contribution >= 0.6 is 0 Å². The highest BCUT2D eigenvalue weighted by Crippen LogP contribution is 2.61. The number of rotatable bonds is 2. The molecule has 1 unspecified atom stereocenters. The number of aryl methyl sites for hydroxylation is 1. The van der Waals surface area contributed by atoms with E-state index in [0.29, 0.717) is 5.56 Å². The summed E-state index contributed by atoms with van der Waals surface area (Å²) in [6.45, 7) is 1.69. The molecule has 0 saturated heterocycles. The number of aromatic nitrogens is 1. The lowest BCUT2D eigenvalue weighted by Crippen LogP contribution is -2.27. The summed E-state index contributed by atoms with van der Waals surface area (Å²) in [4.78, 5) is 14.6. The minimum atomic E-state index is -3.16. The number of nitrogens with zero attached hydrogens (tertiary/aromatic N) is 1. The summed E-state index contributed by atoms with van der Waals surface area (Å²) in [7, 11) is 0. The lowest BCUT2D eigenvalue weighted by molar-refractivity contribution is -0.142. The molecule has 0 spiro atoms. The van der Waals surface area contributed by atoms with Gasteiger partial charge in [-0.25, -0.2) is 8.78 Å². The van der Waals surface area contributed by atoms with Crippen LogP contribution in [0.3, 0.4) is 0 Å². The van der Waals surface area contributed by atoms with E-state index in [-0.39, 0.29) is 5.56 Å². The molecule has 1 aromatic heterocycles. The second kappa shape index (κ2) is 2.74. The van der Waals surface area contributed by atoms with E-state index in [9.17, 15) is 13.6 Å². The quantitative estimate of drug-likeness (QED) is 0.814. The van der Waals surface area contributed by atoms with Crippen LogP contribution in [-0.4, -0.2) is 22.0 Å². The van der Waals surface area contributed by atoms with Crippen molar-refractivity contribution in [2.24, 2.45) is 0 Å². The second-order valence-electron chi connectivity index (χ2n) is 3.84. The number of hydrogen-bond donors (Lipinski definition) is 1. The van der Waals surface area contributed by atoms with Crippen LogP contribution in [0, 0.1) is 6.92 Å². The van der Waals surface area contributed by atoms with Gasteiger partial charge >= 0.3 is 5.97 Å². The third-order valence-corrected chi connectivity index (χ3v) is 2.72. The summed E-state index contributed by atoms with van der Waals surface area (Å²) in [6, 6.07) is 1.45. The molecule has 0 aromatic carbocycles. The van der Waals surface area contributed by atoms with E-state index in [2.05, 4.69) is 4.98 Å². The van der Waals surface area contributed by atoms with Crippen molar-refractivity contribution >= 4 is 5.97 Å². The van der Waals surface area contributed by atoms with E-state index in [1.54, 1.807) is 6.92 Å². The third-order valence-electron chi connectivity index (χ3n) is 2.72. The van der Waals surface area contributed by atoms with Crippen molar-refractivity contribution in [1.82, 2.24) is 4.98 Å². The Morgan fingerprint density at radius 1 is 1.53 bits per heavy atom. The molecule has 1 aliphatic rings. The molecule has 5 heteroatoms. The maximum atomic E-state index is 13.1. The molecule has 2 rings (SSSR count). The minimum absolute atomic E-state index is 0.0833. The Bertz CT molecular complexity index is 433. The highest BCUT2D eigenvalue weighted by molar-refractivity contribution is 5.87. The van der Waals surface area contributed by atoms with Crippen LogP contribution in [0.4, 0.5) is 8.78 Å². The Balaban J connectivity index is 2.50. The van der Waals surface area contributed by atoms with Gasteiger partial charge in [-0.05, 0) is 18.1 Å². The van der Waals surface area contributed by atoms with Gasteiger partial charge in [-0.3, -0.25) is 9.78 Å². The van der Waals surface area contributed by atoms with Gasteiger partial charge in [0.2, 0.25) is 0 Å². The van der Waals surface area contributed by atoms with Gasteiger partial charge in [0.1, 0.15) is 0 Å². The van der Waals surface area contributed by atoms with E-state index < -0.39 is 23.7 Å². The van der Waals surface area contributed by atoms with E-state index in [1.807, 2.05) is 0 Å². The number of halogens is 2. The highest BCUT2D eigenvalue weighted by Gasteiger charge is 2.77. The average Bonchev–Trinajstić information content (AvgIpc) is 2.71. The summed E-state index contributed by atoms with van der Waals surface area (Å²) in [5.74, 6) is -4.64. The first-order valence-electron chi connectivity index (χ1n) is 4.43. The molecule has 1 atom stereocenters. The van der Waals surface area contributed by atoms with Gasteiger partial charge in [0.25, 0.3) is 5.92 Å². The van der Waals surface area contributed by atoms with Crippen molar-refractivity contribution < 1.29 is 18.7 Å². The fourth-order valence-electron chi connectivity index (χ4n) is 1.75. The predicted molar refractivity (Wildman–Crippen MR) is 47.9 cm³/mol. The number of pyridine rings is 1. The molecular formula is C10H9F2NO2. The lowest BCUT2D eigenvalue weighted by atomic mass is 9.96. The number of carboxylic acid groups (broad SMARTS) is 1. The summed E-state index contributed by atoms with van der Waals surface area (Å²) in [5.41, 5.74) is -1.29. The smallest absolute Gasteiger partial charge is 0.320 e. The first-order chi connectivity index (χ1) is 6.90. The van der Waals surface area contributed by atoms with Gasteiger partial charge in [-0.2, -0.15) is 0 Å². The van der Waals surface area contributed by atoms with Crippen molar-refractivity contribution in [3.8, 4) is 0 Å². The SMILES string of the molecule is Cc1cncc(C2(C(=O)O)CC2(F)F)c1. The molecule has 0 radical (unpaired) electrons. The topological polar surface area (TPSA) is 50.2 Å². The molecule has 1 saturated carbocycles. The van der Waals surface area contributed by atoms with Gasteiger partial charge in [0.15, 0.2) is 5.41 Å². The number of carbonyl (C=O) groups is 1. The molecule has 0 amide bonds. The van der Waals surface area contributed by atoms with E-state index >= 15 is 0 Å². The Labute approximate surface area is 84.8 Å². The van der Waals surface area contributed by atoms with Gasteiger partial charge < -0.3 is 5.11 Å². The molecule has 1 N–H and O–H groups in total. The zero-order valence-electron chi connectivity index (χ0n) is 8.00. The predicted octanol–water partition coefficient (Wildman–Crippen LogP) is 1.75. The first kappa shape index (κ1) is 10.0. The summed E-state index contributed by atoms with van der Waals surface area (Å²) < 4.78 is 26.2. The Kier molecular flexibility index (Phi) is 1.83. The second-order valence-corrected chi connectivity index (χ2v) is 3.84. The molecule has 3 nitrogen and oxygen atoms in total. The molecule has 1 fully saturated rings. The van der Waals surface area contributed by atoms with Crippen molar-refractivity contribution in [2.45, 2.75) is 24.7 Å². The van der Waals surface area contributed by atoms with Crippen molar-refractivity contribution in [1.29, 1.82) is 0 Å². The molecule has 1 aromatic rings. The summed E-state index contributed by atoms with van der Waals surface area (Å²) in [6.07, 6.45) is 2.06. The zero-order valence-corrected chi connectivity index (χ0v) is 8.00. The number of aliphatic carboxylic acids is 1. The van der Waals surface area contributed by atoms with Crippen molar-refractivity contribution in [3.63, 3.8) is 0 Å². The van der Waals surface area contributed by atoms with Crippen molar-refractivity contribution in [3.05, 3.63) is 29.6 Å². The third kappa shape index (κ3) is 1.22. The van der Waals surface area contributed by atoms with Gasteiger partial charge in [-0.1, -0.05) is 6.07 Å². The van der Waals surface area contributed by atoms with Gasteiger partial charge in [-0.15, -0.1) is 0 Å². The van der Waals surface area contributed by atoms with E-state index in [4.69, 9.17) is 5.11 Å². The van der Waals surface area contributed by atoms with E-state index in [1.165, 1.54) is 18.5 Å². The lowest BCUT2D eigenvalue weighted by Gasteiger charge is -2.11. The normalized spacial score (nSPS) is 27.4. The fourth-order valence-corrected chi connectivity index (χ4v) is 1.75. The Morgan fingerprint density at radius 3 is 2.53 bits per heavy atom. The fraction of sp³-hybridized carbons (Fsp3) is 0.400. The number of carboxylic acids is 1. The zero-order chi connectivity index (χ0) is 11.3. The van der Waals surface area contributed by atoms with Crippen LogP contribution in [0.5, 0.6) is 0 Å². The molecular weight excluding hydrogens is 204 g/mol. The van der Waals surface area contributed by atoms with Gasteiger partial charge in [0, 0.05) is 18.8 Å². The molecule has 0 bridgehead atoms. The summed E-state index contributed by atoms with van der Waals surface area (Å²) >= 11 is 0. The standard InChI is InChI=1S/C10H9F2NO2/c1-6-2-7(4-13-3-6)9(8(14)15)5-10(9,11)12/h2-4H,5H2,1H3,(H,14,15). The summed E-state index contributed by atoms with van der Waals surface area (Å²) in [5, 5.41) is 8.88. The van der Waals surface area contributed by atoms with Crippen LogP contribution in [0.25, 0.3) is 0 Å². The van der Waals surface area contributed by atoms with Crippen LogP contribution in [-0.2, 0) is 10.2 Å².